The van der Waals surface area contributed by atoms with Crippen LogP contribution < -0.4 is 5.73 Å². The monoisotopic (exact) mass is 262 g/mol. The molecule has 0 aliphatic rings. The molecule has 92 valence electrons. The molecule has 3 rings (SSSR count). The topological polar surface area (TPSA) is 56.7 Å². The number of anilines is 1. The third-order valence-electron chi connectivity index (χ3n) is 2.96. The minimum atomic E-state index is -0.291. The first-order chi connectivity index (χ1) is 8.58. The maximum Gasteiger partial charge on any atom is 0.145 e. The van der Waals surface area contributed by atoms with Gasteiger partial charge in [-0.2, -0.15) is 4.37 Å². The van der Waals surface area contributed by atoms with E-state index in [1.165, 1.54) is 23.7 Å². The molecule has 0 aliphatic heterocycles. The van der Waals surface area contributed by atoms with E-state index < -0.39 is 0 Å². The molecule has 6 heteroatoms. The fourth-order valence-corrected chi connectivity index (χ4v) is 2.71. The summed E-state index contributed by atoms with van der Waals surface area (Å²) >= 11 is 1.25. The summed E-state index contributed by atoms with van der Waals surface area (Å²) in [5.74, 6) is 0.430. The lowest BCUT2D eigenvalue weighted by molar-refractivity contribution is 0.629. The summed E-state index contributed by atoms with van der Waals surface area (Å²) in [7, 11) is 1.89. The predicted molar refractivity (Wildman–Crippen MR) is 70.9 cm³/mol. The van der Waals surface area contributed by atoms with E-state index in [0.29, 0.717) is 10.5 Å². The van der Waals surface area contributed by atoms with Crippen molar-refractivity contribution in [1.82, 2.24) is 13.9 Å². The molecule has 0 saturated heterocycles. The zero-order valence-electron chi connectivity index (χ0n) is 9.94. The average Bonchev–Trinajstić information content (AvgIpc) is 2.80. The molecule has 2 N–H and O–H groups in total. The number of nitrogens with two attached hydrogens (primary N) is 1. The van der Waals surface area contributed by atoms with Gasteiger partial charge in [0.25, 0.3) is 0 Å². The molecule has 0 radical (unpaired) electrons. The number of halogens is 1. The van der Waals surface area contributed by atoms with Crippen LogP contribution in [0.1, 0.15) is 5.69 Å². The van der Waals surface area contributed by atoms with E-state index in [0.717, 1.165) is 22.6 Å². The van der Waals surface area contributed by atoms with Gasteiger partial charge in [0.05, 0.1) is 22.3 Å². The lowest BCUT2D eigenvalue weighted by Gasteiger charge is -2.01. The van der Waals surface area contributed by atoms with Crippen molar-refractivity contribution in [3.8, 4) is 11.4 Å². The molecule has 0 aliphatic carbocycles. The van der Waals surface area contributed by atoms with Crippen LogP contribution in [0.2, 0.25) is 0 Å². The van der Waals surface area contributed by atoms with Crippen LogP contribution in [0.15, 0.2) is 18.2 Å². The van der Waals surface area contributed by atoms with Gasteiger partial charge in [0.1, 0.15) is 16.6 Å². The molecular formula is C12H11FN4S. The molecule has 1 aromatic carbocycles. The van der Waals surface area contributed by atoms with Crippen molar-refractivity contribution in [2.75, 3.05) is 5.73 Å². The number of hydrogen-bond acceptors (Lipinski definition) is 4. The number of benzene rings is 1. The van der Waals surface area contributed by atoms with Gasteiger partial charge in [-0.25, -0.2) is 9.37 Å². The summed E-state index contributed by atoms with van der Waals surface area (Å²) in [5, 5.41) is 0.631. The molecule has 0 unspecified atom stereocenters. The van der Waals surface area contributed by atoms with E-state index in [1.54, 1.807) is 6.07 Å². The maximum atomic E-state index is 13.2. The summed E-state index contributed by atoms with van der Waals surface area (Å²) in [6.45, 7) is 1.89. The van der Waals surface area contributed by atoms with E-state index in [1.807, 2.05) is 18.5 Å². The minimum Gasteiger partial charge on any atom is -0.389 e. The second-order valence-electron chi connectivity index (χ2n) is 4.13. The Hall–Kier alpha value is -1.95. The van der Waals surface area contributed by atoms with Crippen molar-refractivity contribution < 1.29 is 4.39 Å². The molecule has 4 nitrogen and oxygen atoms in total. The second kappa shape index (κ2) is 3.78. The highest BCUT2D eigenvalue weighted by Crippen LogP contribution is 2.33. The van der Waals surface area contributed by atoms with Crippen LogP contribution in [0.25, 0.3) is 22.4 Å². The Morgan fingerprint density at radius 3 is 2.83 bits per heavy atom. The molecule has 2 heterocycles. The van der Waals surface area contributed by atoms with Crippen molar-refractivity contribution in [2.24, 2.45) is 7.05 Å². The third kappa shape index (κ3) is 1.49. The molecule has 0 bridgehead atoms. The first kappa shape index (κ1) is 11.2. The first-order valence-electron chi connectivity index (χ1n) is 5.42. The van der Waals surface area contributed by atoms with Crippen molar-refractivity contribution in [1.29, 1.82) is 0 Å². The van der Waals surface area contributed by atoms with Gasteiger partial charge in [-0.3, -0.25) is 0 Å². The van der Waals surface area contributed by atoms with E-state index in [2.05, 4.69) is 9.36 Å². The van der Waals surface area contributed by atoms with Gasteiger partial charge in [0.15, 0.2) is 0 Å². The molecule has 0 spiro atoms. The number of aryl methyl sites for hydroxylation is 2. The Morgan fingerprint density at radius 1 is 1.39 bits per heavy atom. The molecular weight excluding hydrogens is 251 g/mol. The van der Waals surface area contributed by atoms with E-state index in [4.69, 9.17) is 5.73 Å². The highest BCUT2D eigenvalue weighted by molar-refractivity contribution is 7.10. The number of hydrogen-bond donors (Lipinski definition) is 1. The average molecular weight is 262 g/mol. The summed E-state index contributed by atoms with van der Waals surface area (Å²) < 4.78 is 19.3. The quantitative estimate of drug-likeness (QED) is 0.733. The number of imidazole rings is 1. The van der Waals surface area contributed by atoms with E-state index in [9.17, 15) is 4.39 Å². The van der Waals surface area contributed by atoms with E-state index >= 15 is 0 Å². The number of nitrogen functional groups attached to an aromatic ring is 1. The second-order valence-corrected chi connectivity index (χ2v) is 4.94. The Morgan fingerprint density at radius 2 is 2.17 bits per heavy atom. The molecule has 0 atom stereocenters. The van der Waals surface area contributed by atoms with Gasteiger partial charge in [0.2, 0.25) is 0 Å². The van der Waals surface area contributed by atoms with Crippen LogP contribution in [0.5, 0.6) is 0 Å². The number of aromatic nitrogens is 3. The number of rotatable bonds is 1. The fourth-order valence-electron chi connectivity index (χ4n) is 2.06. The summed E-state index contributed by atoms with van der Waals surface area (Å²) in [6.07, 6.45) is 0. The Balaban J connectivity index is 2.34. The van der Waals surface area contributed by atoms with Crippen molar-refractivity contribution >= 4 is 27.6 Å². The van der Waals surface area contributed by atoms with Gasteiger partial charge < -0.3 is 10.3 Å². The third-order valence-corrected chi connectivity index (χ3v) is 3.72. The van der Waals surface area contributed by atoms with Crippen LogP contribution >= 0.6 is 11.5 Å². The lowest BCUT2D eigenvalue weighted by Crippen LogP contribution is -1.95. The van der Waals surface area contributed by atoms with Crippen molar-refractivity contribution in [2.45, 2.75) is 6.92 Å². The molecule has 2 aromatic heterocycles. The predicted octanol–water partition coefficient (Wildman–Crippen LogP) is 2.73. The largest absolute Gasteiger partial charge is 0.389 e. The Kier molecular flexibility index (Phi) is 2.34. The first-order valence-corrected chi connectivity index (χ1v) is 6.19. The van der Waals surface area contributed by atoms with Gasteiger partial charge >= 0.3 is 0 Å². The Labute approximate surface area is 107 Å². The molecule has 18 heavy (non-hydrogen) atoms. The SMILES string of the molecule is Cc1nsc(N)c1-c1nc2cc(F)ccc2n1C. The van der Waals surface area contributed by atoms with Crippen molar-refractivity contribution in [3.05, 3.63) is 29.7 Å². The minimum absolute atomic E-state index is 0.291. The molecule has 0 fully saturated rings. The fraction of sp³-hybridized carbons (Fsp3) is 0.167. The molecule has 0 saturated carbocycles. The summed E-state index contributed by atoms with van der Waals surface area (Å²) in [4.78, 5) is 4.45. The number of fused-ring (bicyclic) bond motifs is 1. The van der Waals surface area contributed by atoms with Crippen LogP contribution in [-0.2, 0) is 7.05 Å². The van der Waals surface area contributed by atoms with Crippen LogP contribution in [0, 0.1) is 12.7 Å². The van der Waals surface area contributed by atoms with Gasteiger partial charge in [-0.1, -0.05) is 0 Å². The highest BCUT2D eigenvalue weighted by Gasteiger charge is 2.17. The number of nitrogens with zero attached hydrogens (tertiary/aromatic N) is 3. The molecule has 3 aromatic rings. The van der Waals surface area contributed by atoms with Gasteiger partial charge in [-0.15, -0.1) is 0 Å². The zero-order chi connectivity index (χ0) is 12.9. The van der Waals surface area contributed by atoms with Gasteiger partial charge in [0, 0.05) is 13.1 Å². The standard InChI is InChI=1S/C12H11FN4S/c1-6-10(11(14)18-16-6)12-15-8-5-7(13)3-4-9(8)17(12)2/h3-5H,14H2,1-2H3. The maximum absolute atomic E-state index is 13.2. The summed E-state index contributed by atoms with van der Waals surface area (Å²) in [6, 6.07) is 4.56. The van der Waals surface area contributed by atoms with Gasteiger partial charge in [-0.05, 0) is 30.6 Å². The Bertz CT molecular complexity index is 724. The normalized spacial score (nSPS) is 11.3. The van der Waals surface area contributed by atoms with Crippen LogP contribution in [0.4, 0.5) is 9.39 Å². The summed E-state index contributed by atoms with van der Waals surface area (Å²) in [5.41, 5.74) is 9.09. The van der Waals surface area contributed by atoms with E-state index in [-0.39, 0.29) is 5.82 Å². The van der Waals surface area contributed by atoms with Crippen LogP contribution in [0.3, 0.4) is 0 Å². The smallest absolute Gasteiger partial charge is 0.145 e. The van der Waals surface area contributed by atoms with Crippen LogP contribution in [-0.4, -0.2) is 13.9 Å². The molecule has 0 amide bonds. The zero-order valence-corrected chi connectivity index (χ0v) is 10.8. The highest BCUT2D eigenvalue weighted by atomic mass is 32.1. The van der Waals surface area contributed by atoms with Crippen molar-refractivity contribution in [3.63, 3.8) is 0 Å². The lowest BCUT2D eigenvalue weighted by atomic mass is 10.2.